The lowest BCUT2D eigenvalue weighted by Crippen LogP contribution is -2.24. The molecule has 0 saturated carbocycles. The van der Waals surface area contributed by atoms with E-state index in [0.29, 0.717) is 24.4 Å². The number of halogens is 1. The third kappa shape index (κ3) is 4.81. The Morgan fingerprint density at radius 1 is 1.29 bits per heavy atom. The predicted octanol–water partition coefficient (Wildman–Crippen LogP) is 2.77. The quantitative estimate of drug-likeness (QED) is 0.852. The van der Waals surface area contributed by atoms with Crippen molar-refractivity contribution in [2.75, 3.05) is 13.7 Å². The highest BCUT2D eigenvalue weighted by Crippen LogP contribution is 2.24. The van der Waals surface area contributed by atoms with Gasteiger partial charge in [0.15, 0.2) is 11.9 Å². The van der Waals surface area contributed by atoms with Crippen LogP contribution in [0.1, 0.15) is 37.2 Å². The van der Waals surface area contributed by atoms with Gasteiger partial charge in [-0.2, -0.15) is 4.98 Å². The Labute approximate surface area is 131 Å². The Morgan fingerprint density at radius 3 is 2.62 bits per heavy atom. The highest BCUT2D eigenvalue weighted by atomic mass is 35.5. The Hall–Kier alpha value is -1.43. The van der Waals surface area contributed by atoms with Gasteiger partial charge in [0.1, 0.15) is 0 Å². The monoisotopic (exact) mass is 311 g/mol. The summed E-state index contributed by atoms with van der Waals surface area (Å²) in [4.78, 5) is 4.45. The van der Waals surface area contributed by atoms with Crippen molar-refractivity contribution in [3.63, 3.8) is 0 Å². The molecule has 6 heteroatoms. The smallest absolute Gasteiger partial charge is 0.260 e. The van der Waals surface area contributed by atoms with E-state index >= 15 is 0 Å². The molecular formula is C15H22ClN3O2. The molecule has 2 rings (SSSR count). The van der Waals surface area contributed by atoms with Crippen LogP contribution in [0.5, 0.6) is 0 Å². The largest absolute Gasteiger partial charge is 0.364 e. The summed E-state index contributed by atoms with van der Waals surface area (Å²) < 4.78 is 11.1. The summed E-state index contributed by atoms with van der Waals surface area (Å²) in [7, 11) is 1.92. The number of likely N-dealkylation sites (N-methyl/N-ethyl adjacent to an activating group) is 1. The van der Waals surface area contributed by atoms with Gasteiger partial charge in [0.05, 0.1) is 0 Å². The number of nitrogens with one attached hydrogen (secondary N) is 1. The Bertz CT molecular complexity index is 519. The zero-order valence-electron chi connectivity index (χ0n) is 12.6. The molecule has 0 fully saturated rings. The van der Waals surface area contributed by atoms with Crippen LogP contribution < -0.4 is 5.32 Å². The first kappa shape index (κ1) is 17.6. The summed E-state index contributed by atoms with van der Waals surface area (Å²) >= 11 is 0. The minimum absolute atomic E-state index is 0. The molecule has 2 aromatic rings. The fourth-order valence-electron chi connectivity index (χ4n) is 1.94. The van der Waals surface area contributed by atoms with Gasteiger partial charge in [-0.25, -0.2) is 0 Å². The average molecular weight is 312 g/mol. The molecule has 5 nitrogen and oxygen atoms in total. The molecule has 2 atom stereocenters. The second kappa shape index (κ2) is 8.77. The first-order valence-electron chi connectivity index (χ1n) is 6.90. The molecule has 0 aliphatic rings. The van der Waals surface area contributed by atoms with E-state index in [2.05, 4.69) is 22.4 Å². The van der Waals surface area contributed by atoms with Gasteiger partial charge in [-0.15, -0.1) is 12.4 Å². The molecule has 1 aromatic heterocycles. The van der Waals surface area contributed by atoms with Crippen LogP contribution in [0.2, 0.25) is 0 Å². The zero-order valence-corrected chi connectivity index (χ0v) is 13.4. The van der Waals surface area contributed by atoms with Crippen molar-refractivity contribution in [2.24, 2.45) is 0 Å². The van der Waals surface area contributed by atoms with Gasteiger partial charge in [-0.05, 0) is 26.5 Å². The maximum absolute atomic E-state index is 5.75. The van der Waals surface area contributed by atoms with E-state index in [-0.39, 0.29) is 18.5 Å². The van der Waals surface area contributed by atoms with Crippen molar-refractivity contribution in [1.29, 1.82) is 0 Å². The minimum atomic E-state index is -0.299. The lowest BCUT2D eigenvalue weighted by molar-refractivity contribution is 0.0667. The van der Waals surface area contributed by atoms with Crippen molar-refractivity contribution >= 4 is 12.4 Å². The minimum Gasteiger partial charge on any atom is -0.364 e. The molecule has 0 spiro atoms. The van der Waals surface area contributed by atoms with Crippen molar-refractivity contribution in [1.82, 2.24) is 15.5 Å². The molecule has 21 heavy (non-hydrogen) atoms. The second-order valence-corrected chi connectivity index (χ2v) is 4.69. The molecule has 0 amide bonds. The standard InChI is InChI=1S/C15H21N3O2.ClH/c1-4-19-14(12-8-6-5-7-9-12)15-17-13(18-20-15)10-11(2)16-3;/h5-9,11,14,16H,4,10H2,1-3H3;1H. The molecule has 2 unspecified atom stereocenters. The van der Waals surface area contributed by atoms with E-state index in [0.717, 1.165) is 12.0 Å². The summed E-state index contributed by atoms with van der Waals surface area (Å²) in [6, 6.07) is 10.2. The molecule has 1 heterocycles. The third-order valence-corrected chi connectivity index (χ3v) is 3.13. The first-order chi connectivity index (χ1) is 9.74. The SMILES string of the molecule is CCOC(c1ccccc1)c1nc(CC(C)NC)no1.Cl. The van der Waals surface area contributed by atoms with Crippen LogP contribution in [-0.2, 0) is 11.2 Å². The normalized spacial score (nSPS) is 13.5. The highest BCUT2D eigenvalue weighted by Gasteiger charge is 2.21. The molecule has 116 valence electrons. The van der Waals surface area contributed by atoms with Crippen molar-refractivity contribution in [2.45, 2.75) is 32.4 Å². The van der Waals surface area contributed by atoms with Crippen LogP contribution in [-0.4, -0.2) is 29.8 Å². The Balaban J connectivity index is 0.00000220. The molecule has 0 radical (unpaired) electrons. The topological polar surface area (TPSA) is 60.2 Å². The molecule has 1 aromatic carbocycles. The number of rotatable bonds is 7. The van der Waals surface area contributed by atoms with E-state index in [1.807, 2.05) is 44.3 Å². The highest BCUT2D eigenvalue weighted by molar-refractivity contribution is 5.85. The van der Waals surface area contributed by atoms with Crippen molar-refractivity contribution < 1.29 is 9.26 Å². The van der Waals surface area contributed by atoms with Gasteiger partial charge in [-0.3, -0.25) is 0 Å². The van der Waals surface area contributed by atoms with Gasteiger partial charge < -0.3 is 14.6 Å². The molecule has 1 N–H and O–H groups in total. The van der Waals surface area contributed by atoms with Crippen LogP contribution in [0.15, 0.2) is 34.9 Å². The van der Waals surface area contributed by atoms with Crippen molar-refractivity contribution in [3.05, 3.63) is 47.6 Å². The summed E-state index contributed by atoms with van der Waals surface area (Å²) in [5.41, 5.74) is 1.02. The predicted molar refractivity (Wildman–Crippen MR) is 83.7 cm³/mol. The van der Waals surface area contributed by atoms with Gasteiger partial charge in [0.25, 0.3) is 5.89 Å². The first-order valence-corrected chi connectivity index (χ1v) is 6.90. The molecule has 0 aliphatic heterocycles. The summed E-state index contributed by atoms with van der Waals surface area (Å²) in [6.45, 7) is 4.62. The van der Waals surface area contributed by atoms with E-state index in [9.17, 15) is 0 Å². The number of ether oxygens (including phenoxy) is 1. The number of hydrogen-bond donors (Lipinski definition) is 1. The van der Waals surface area contributed by atoms with Crippen LogP contribution in [0, 0.1) is 0 Å². The van der Waals surface area contributed by atoms with E-state index in [1.54, 1.807) is 0 Å². The molecule has 0 bridgehead atoms. The maximum Gasteiger partial charge on any atom is 0.260 e. The van der Waals surface area contributed by atoms with Crippen LogP contribution in [0.4, 0.5) is 0 Å². The van der Waals surface area contributed by atoms with Crippen LogP contribution in [0.3, 0.4) is 0 Å². The Morgan fingerprint density at radius 2 is 2.00 bits per heavy atom. The number of benzene rings is 1. The number of nitrogens with zero attached hydrogens (tertiary/aromatic N) is 2. The number of aromatic nitrogens is 2. The van der Waals surface area contributed by atoms with Gasteiger partial charge in [0.2, 0.25) is 0 Å². The molecule has 0 saturated heterocycles. The zero-order chi connectivity index (χ0) is 14.4. The third-order valence-electron chi connectivity index (χ3n) is 3.13. The summed E-state index contributed by atoms with van der Waals surface area (Å²) in [5, 5.41) is 7.18. The van der Waals surface area contributed by atoms with Crippen LogP contribution in [0.25, 0.3) is 0 Å². The van der Waals surface area contributed by atoms with Gasteiger partial charge in [-0.1, -0.05) is 35.5 Å². The number of hydrogen-bond acceptors (Lipinski definition) is 5. The van der Waals surface area contributed by atoms with Crippen molar-refractivity contribution in [3.8, 4) is 0 Å². The summed E-state index contributed by atoms with van der Waals surface area (Å²) in [6.07, 6.45) is 0.431. The second-order valence-electron chi connectivity index (χ2n) is 4.69. The molecular weight excluding hydrogens is 290 g/mol. The molecule has 0 aliphatic carbocycles. The van der Waals surface area contributed by atoms with E-state index in [1.165, 1.54) is 0 Å². The van der Waals surface area contributed by atoms with Crippen LogP contribution >= 0.6 is 12.4 Å². The maximum atomic E-state index is 5.75. The van der Waals surface area contributed by atoms with E-state index < -0.39 is 0 Å². The summed E-state index contributed by atoms with van der Waals surface area (Å²) in [5.74, 6) is 1.21. The average Bonchev–Trinajstić information content (AvgIpc) is 2.93. The van der Waals surface area contributed by atoms with E-state index in [4.69, 9.17) is 9.26 Å². The lowest BCUT2D eigenvalue weighted by Gasteiger charge is -2.12. The lowest BCUT2D eigenvalue weighted by atomic mass is 10.1. The Kier molecular flexibility index (Phi) is 7.36. The fraction of sp³-hybridized carbons (Fsp3) is 0.467. The van der Waals surface area contributed by atoms with Gasteiger partial charge >= 0.3 is 0 Å². The fourth-order valence-corrected chi connectivity index (χ4v) is 1.94. The van der Waals surface area contributed by atoms with Gasteiger partial charge in [0, 0.05) is 19.1 Å².